The second-order valence-electron chi connectivity index (χ2n) is 4.33. The molecule has 0 aliphatic heterocycles. The third-order valence-corrected chi connectivity index (χ3v) is 3.96. The molecule has 0 aliphatic carbocycles. The number of nitrogens with zero attached hydrogens (tertiary/aromatic N) is 1. The number of halogens is 1. The Morgan fingerprint density at radius 3 is 2.78 bits per heavy atom. The molecular formula is C14H17FN2S. The predicted octanol–water partition coefficient (Wildman–Crippen LogP) is 3.67. The number of benzene rings is 1. The summed E-state index contributed by atoms with van der Waals surface area (Å²) in [7, 11) is 0. The molecule has 2 aromatic rings. The SMILES string of the molecule is CCCc1nc(-c2ccc(C)cc2F)sc1CN. The van der Waals surface area contributed by atoms with E-state index in [-0.39, 0.29) is 5.82 Å². The van der Waals surface area contributed by atoms with Gasteiger partial charge in [0.05, 0.1) is 5.69 Å². The van der Waals surface area contributed by atoms with Crippen molar-refractivity contribution in [1.29, 1.82) is 0 Å². The maximum atomic E-state index is 13.9. The smallest absolute Gasteiger partial charge is 0.133 e. The molecule has 2 nitrogen and oxygen atoms in total. The molecule has 0 bridgehead atoms. The largest absolute Gasteiger partial charge is 0.326 e. The van der Waals surface area contributed by atoms with Crippen LogP contribution in [0.15, 0.2) is 18.2 Å². The molecule has 0 saturated heterocycles. The van der Waals surface area contributed by atoms with Crippen molar-refractivity contribution >= 4 is 11.3 Å². The summed E-state index contributed by atoms with van der Waals surface area (Å²) < 4.78 is 13.9. The van der Waals surface area contributed by atoms with Gasteiger partial charge in [0.1, 0.15) is 10.8 Å². The Hall–Kier alpha value is -1.26. The lowest BCUT2D eigenvalue weighted by Crippen LogP contribution is -1.97. The zero-order valence-electron chi connectivity index (χ0n) is 10.7. The van der Waals surface area contributed by atoms with Crippen molar-refractivity contribution in [2.45, 2.75) is 33.2 Å². The topological polar surface area (TPSA) is 38.9 Å². The number of rotatable bonds is 4. The summed E-state index contributed by atoms with van der Waals surface area (Å²) in [6.07, 6.45) is 1.92. The van der Waals surface area contributed by atoms with E-state index in [1.54, 1.807) is 12.1 Å². The fourth-order valence-electron chi connectivity index (χ4n) is 1.88. The van der Waals surface area contributed by atoms with E-state index in [1.165, 1.54) is 11.3 Å². The lowest BCUT2D eigenvalue weighted by atomic mass is 10.1. The Kier molecular flexibility index (Phi) is 4.09. The van der Waals surface area contributed by atoms with Gasteiger partial charge in [-0.05, 0) is 31.0 Å². The molecular weight excluding hydrogens is 247 g/mol. The third-order valence-electron chi connectivity index (χ3n) is 2.81. The van der Waals surface area contributed by atoms with Gasteiger partial charge >= 0.3 is 0 Å². The molecule has 0 saturated carbocycles. The first-order valence-electron chi connectivity index (χ1n) is 6.10. The molecule has 0 amide bonds. The van der Waals surface area contributed by atoms with E-state index >= 15 is 0 Å². The summed E-state index contributed by atoms with van der Waals surface area (Å²) >= 11 is 1.50. The van der Waals surface area contributed by atoms with Crippen LogP contribution in [0.1, 0.15) is 29.5 Å². The average molecular weight is 264 g/mol. The third kappa shape index (κ3) is 2.60. The fourth-order valence-corrected chi connectivity index (χ4v) is 2.90. The van der Waals surface area contributed by atoms with Crippen LogP contribution in [0, 0.1) is 12.7 Å². The summed E-state index contributed by atoms with van der Waals surface area (Å²) in [5.41, 5.74) is 8.21. The van der Waals surface area contributed by atoms with Crippen LogP contribution < -0.4 is 5.73 Å². The summed E-state index contributed by atoms with van der Waals surface area (Å²) in [6.45, 7) is 4.45. The van der Waals surface area contributed by atoms with Crippen molar-refractivity contribution in [2.75, 3.05) is 0 Å². The highest BCUT2D eigenvalue weighted by Gasteiger charge is 2.13. The highest BCUT2D eigenvalue weighted by atomic mass is 32.1. The quantitative estimate of drug-likeness (QED) is 0.915. The van der Waals surface area contributed by atoms with Gasteiger partial charge in [-0.25, -0.2) is 9.37 Å². The van der Waals surface area contributed by atoms with E-state index < -0.39 is 0 Å². The molecule has 0 fully saturated rings. The van der Waals surface area contributed by atoms with Gasteiger partial charge in [0, 0.05) is 17.0 Å². The predicted molar refractivity (Wildman–Crippen MR) is 74.1 cm³/mol. The van der Waals surface area contributed by atoms with Gasteiger partial charge in [-0.15, -0.1) is 11.3 Å². The van der Waals surface area contributed by atoms with E-state index in [4.69, 9.17) is 5.73 Å². The first-order valence-corrected chi connectivity index (χ1v) is 6.92. The molecule has 2 N–H and O–H groups in total. The molecule has 0 spiro atoms. The molecule has 0 atom stereocenters. The van der Waals surface area contributed by atoms with Gasteiger partial charge in [0.25, 0.3) is 0 Å². The zero-order chi connectivity index (χ0) is 13.1. The minimum atomic E-state index is -0.213. The van der Waals surface area contributed by atoms with Crippen LogP contribution in [0.5, 0.6) is 0 Å². The molecule has 0 aliphatic rings. The first-order chi connectivity index (χ1) is 8.65. The second-order valence-corrected chi connectivity index (χ2v) is 5.41. The molecule has 4 heteroatoms. The fraction of sp³-hybridized carbons (Fsp3) is 0.357. The molecule has 0 radical (unpaired) electrons. The maximum Gasteiger partial charge on any atom is 0.133 e. The molecule has 1 aromatic heterocycles. The molecule has 1 aromatic carbocycles. The summed E-state index contributed by atoms with van der Waals surface area (Å²) in [4.78, 5) is 5.59. The molecule has 96 valence electrons. The van der Waals surface area contributed by atoms with Crippen LogP contribution in [-0.4, -0.2) is 4.98 Å². The molecule has 18 heavy (non-hydrogen) atoms. The van der Waals surface area contributed by atoms with Gasteiger partial charge in [-0.2, -0.15) is 0 Å². The minimum Gasteiger partial charge on any atom is -0.326 e. The second kappa shape index (κ2) is 5.59. The lowest BCUT2D eigenvalue weighted by Gasteiger charge is -1.99. The van der Waals surface area contributed by atoms with Crippen LogP contribution in [-0.2, 0) is 13.0 Å². The van der Waals surface area contributed by atoms with Crippen molar-refractivity contribution in [1.82, 2.24) is 4.98 Å². The van der Waals surface area contributed by atoms with Gasteiger partial charge in [0.2, 0.25) is 0 Å². The number of aromatic nitrogens is 1. The molecule has 1 heterocycles. The monoisotopic (exact) mass is 264 g/mol. The van der Waals surface area contributed by atoms with Crippen molar-refractivity contribution in [3.05, 3.63) is 40.2 Å². The van der Waals surface area contributed by atoms with Gasteiger partial charge in [0.15, 0.2) is 0 Å². The highest BCUT2D eigenvalue weighted by molar-refractivity contribution is 7.15. The molecule has 2 rings (SSSR count). The Balaban J connectivity index is 2.44. The standard InChI is InChI=1S/C14H17FN2S/c1-3-4-12-13(8-16)18-14(17-12)10-6-5-9(2)7-11(10)15/h5-7H,3-4,8,16H2,1-2H3. The average Bonchev–Trinajstić information content (AvgIpc) is 2.72. The zero-order valence-corrected chi connectivity index (χ0v) is 11.5. The number of hydrogen-bond acceptors (Lipinski definition) is 3. The number of aryl methyl sites for hydroxylation is 2. The van der Waals surface area contributed by atoms with Crippen molar-refractivity contribution in [3.63, 3.8) is 0 Å². The normalized spacial score (nSPS) is 10.9. The van der Waals surface area contributed by atoms with Crippen LogP contribution >= 0.6 is 11.3 Å². The molecule has 0 unspecified atom stereocenters. The Morgan fingerprint density at radius 2 is 2.17 bits per heavy atom. The summed E-state index contributed by atoms with van der Waals surface area (Å²) in [5, 5.41) is 0.733. The number of nitrogens with two attached hydrogens (primary N) is 1. The summed E-state index contributed by atoms with van der Waals surface area (Å²) in [6, 6.07) is 5.24. The van der Waals surface area contributed by atoms with Crippen LogP contribution in [0.4, 0.5) is 4.39 Å². The van der Waals surface area contributed by atoms with E-state index in [9.17, 15) is 4.39 Å². The van der Waals surface area contributed by atoms with Crippen molar-refractivity contribution in [3.8, 4) is 10.6 Å². The summed E-state index contributed by atoms with van der Waals surface area (Å²) in [5.74, 6) is -0.213. The van der Waals surface area contributed by atoms with E-state index in [1.807, 2.05) is 13.0 Å². The lowest BCUT2D eigenvalue weighted by molar-refractivity contribution is 0.630. The Bertz CT molecular complexity index is 549. The van der Waals surface area contributed by atoms with Gasteiger partial charge < -0.3 is 5.73 Å². The minimum absolute atomic E-state index is 0.213. The van der Waals surface area contributed by atoms with Crippen LogP contribution in [0.3, 0.4) is 0 Å². The first kappa shape index (κ1) is 13.2. The van der Waals surface area contributed by atoms with E-state index in [2.05, 4.69) is 11.9 Å². The van der Waals surface area contributed by atoms with Gasteiger partial charge in [-0.3, -0.25) is 0 Å². The number of thiazole rings is 1. The van der Waals surface area contributed by atoms with Crippen molar-refractivity contribution in [2.24, 2.45) is 5.73 Å². The van der Waals surface area contributed by atoms with E-state index in [0.29, 0.717) is 12.1 Å². The van der Waals surface area contributed by atoms with Crippen LogP contribution in [0.25, 0.3) is 10.6 Å². The van der Waals surface area contributed by atoms with Crippen LogP contribution in [0.2, 0.25) is 0 Å². The van der Waals surface area contributed by atoms with Gasteiger partial charge in [-0.1, -0.05) is 19.4 Å². The highest BCUT2D eigenvalue weighted by Crippen LogP contribution is 2.30. The number of hydrogen-bond donors (Lipinski definition) is 1. The Morgan fingerprint density at radius 1 is 1.39 bits per heavy atom. The maximum absolute atomic E-state index is 13.9. The Labute approximate surface area is 111 Å². The van der Waals surface area contributed by atoms with Crippen molar-refractivity contribution < 1.29 is 4.39 Å². The van der Waals surface area contributed by atoms with E-state index in [0.717, 1.165) is 34.0 Å².